The van der Waals surface area contributed by atoms with Gasteiger partial charge >= 0.3 is 0 Å². The van der Waals surface area contributed by atoms with Crippen LogP contribution in [-0.2, 0) is 9.84 Å². The van der Waals surface area contributed by atoms with Gasteiger partial charge in [0.1, 0.15) is 9.84 Å². The van der Waals surface area contributed by atoms with E-state index in [0.717, 1.165) is 11.9 Å². The normalized spacial score (nSPS) is 20.2. The molecule has 5 nitrogen and oxygen atoms in total. The Morgan fingerprint density at radius 1 is 1.20 bits per heavy atom. The summed E-state index contributed by atoms with van der Waals surface area (Å²) >= 11 is 0. The van der Waals surface area contributed by atoms with E-state index in [0.29, 0.717) is 24.9 Å². The van der Waals surface area contributed by atoms with Crippen LogP contribution >= 0.6 is 0 Å². The molecule has 0 amide bonds. The largest absolute Gasteiger partial charge is 0.356 e. The summed E-state index contributed by atoms with van der Waals surface area (Å²) in [6.45, 7) is 9.46. The second-order valence-corrected chi connectivity index (χ2v) is 10.9. The van der Waals surface area contributed by atoms with E-state index in [2.05, 4.69) is 43.3 Å². The van der Waals surface area contributed by atoms with Crippen molar-refractivity contribution in [2.24, 2.45) is 22.2 Å². The minimum absolute atomic E-state index is 0.0983. The Kier molecular flexibility index (Phi) is 8.72. The lowest BCUT2D eigenvalue weighted by molar-refractivity contribution is 0.229. The maximum atomic E-state index is 11.4. The van der Waals surface area contributed by atoms with Gasteiger partial charge < -0.3 is 10.6 Å². The molecule has 0 aromatic carbocycles. The van der Waals surface area contributed by atoms with E-state index in [1.54, 1.807) is 7.05 Å². The molecule has 1 aliphatic rings. The van der Waals surface area contributed by atoms with Gasteiger partial charge in [0.05, 0.1) is 5.75 Å². The number of nitrogens with one attached hydrogen (secondary N) is 2. The number of aliphatic imine (C=N–C) groups is 1. The van der Waals surface area contributed by atoms with E-state index in [1.165, 1.54) is 38.4 Å². The van der Waals surface area contributed by atoms with Gasteiger partial charge in [-0.3, -0.25) is 4.99 Å². The minimum Gasteiger partial charge on any atom is -0.356 e. The van der Waals surface area contributed by atoms with Crippen LogP contribution in [-0.4, -0.2) is 46.0 Å². The Bertz CT molecular complexity index is 523. The highest BCUT2D eigenvalue weighted by atomic mass is 32.2. The molecule has 0 radical (unpaired) electrons. The van der Waals surface area contributed by atoms with Crippen molar-refractivity contribution >= 4 is 15.8 Å². The SMILES string of the molecule is CN=C(NCC(C)(C)CCS(C)(=O)=O)NC(C)C(C)C1CCCCC1. The highest BCUT2D eigenvalue weighted by Gasteiger charge is 2.26. The summed E-state index contributed by atoms with van der Waals surface area (Å²) in [7, 11) is -1.13. The zero-order valence-electron chi connectivity index (χ0n) is 17.1. The molecule has 0 aromatic heterocycles. The van der Waals surface area contributed by atoms with Crippen molar-refractivity contribution < 1.29 is 8.42 Å². The quantitative estimate of drug-likeness (QED) is 0.506. The summed E-state index contributed by atoms with van der Waals surface area (Å²) in [6, 6.07) is 0.369. The van der Waals surface area contributed by atoms with Gasteiger partial charge in [-0.2, -0.15) is 0 Å². The van der Waals surface area contributed by atoms with Gasteiger partial charge in [-0.05, 0) is 30.6 Å². The molecule has 6 heteroatoms. The van der Waals surface area contributed by atoms with Gasteiger partial charge in [0.2, 0.25) is 0 Å². The van der Waals surface area contributed by atoms with Gasteiger partial charge in [-0.25, -0.2) is 8.42 Å². The average Bonchev–Trinajstić information content (AvgIpc) is 2.56. The van der Waals surface area contributed by atoms with Crippen LogP contribution in [0.15, 0.2) is 4.99 Å². The minimum atomic E-state index is -2.92. The van der Waals surface area contributed by atoms with E-state index in [1.807, 2.05) is 0 Å². The predicted octanol–water partition coefficient (Wildman–Crippen LogP) is 3.22. The second-order valence-electron chi connectivity index (χ2n) is 8.66. The molecule has 1 aliphatic carbocycles. The number of hydrogen-bond acceptors (Lipinski definition) is 3. The molecule has 0 aliphatic heterocycles. The summed E-state index contributed by atoms with van der Waals surface area (Å²) in [5, 5.41) is 6.91. The fourth-order valence-corrected chi connectivity index (χ4v) is 4.41. The molecular formula is C19H39N3O2S. The number of sulfone groups is 1. The van der Waals surface area contributed by atoms with E-state index < -0.39 is 9.84 Å². The zero-order valence-corrected chi connectivity index (χ0v) is 17.9. The van der Waals surface area contributed by atoms with Gasteiger partial charge in [0.15, 0.2) is 5.96 Å². The lowest BCUT2D eigenvalue weighted by Crippen LogP contribution is -2.48. The Hall–Kier alpha value is -0.780. The van der Waals surface area contributed by atoms with Gasteiger partial charge in [0.25, 0.3) is 0 Å². The number of rotatable bonds is 8. The Balaban J connectivity index is 2.47. The van der Waals surface area contributed by atoms with Crippen molar-refractivity contribution in [3.05, 3.63) is 0 Å². The summed E-state index contributed by atoms with van der Waals surface area (Å²) in [4.78, 5) is 4.34. The molecule has 1 rings (SSSR count). The molecule has 0 bridgehead atoms. The third-order valence-corrected chi connectivity index (χ3v) is 6.60. The van der Waals surface area contributed by atoms with Crippen LogP contribution in [0, 0.1) is 17.3 Å². The molecule has 2 unspecified atom stereocenters. The summed E-state index contributed by atoms with van der Waals surface area (Å²) < 4.78 is 22.8. The van der Waals surface area contributed by atoms with E-state index in [9.17, 15) is 8.42 Å². The molecule has 0 aromatic rings. The average molecular weight is 374 g/mol. The molecule has 0 heterocycles. The fraction of sp³-hybridized carbons (Fsp3) is 0.947. The Labute approximate surface area is 155 Å². The number of hydrogen-bond donors (Lipinski definition) is 2. The van der Waals surface area contributed by atoms with Gasteiger partial charge in [-0.15, -0.1) is 0 Å². The number of nitrogens with zero attached hydrogens (tertiary/aromatic N) is 1. The van der Waals surface area contributed by atoms with Gasteiger partial charge in [-0.1, -0.05) is 52.9 Å². The van der Waals surface area contributed by atoms with Crippen LogP contribution in [0.1, 0.15) is 66.2 Å². The topological polar surface area (TPSA) is 70.6 Å². The van der Waals surface area contributed by atoms with Crippen molar-refractivity contribution in [3.63, 3.8) is 0 Å². The zero-order chi connectivity index (χ0) is 19.1. The molecule has 2 atom stereocenters. The van der Waals surface area contributed by atoms with Crippen molar-refractivity contribution in [1.29, 1.82) is 0 Å². The van der Waals surface area contributed by atoms with Gasteiger partial charge in [0, 0.05) is 25.9 Å². The van der Waals surface area contributed by atoms with Crippen LogP contribution in [0.5, 0.6) is 0 Å². The lowest BCUT2D eigenvalue weighted by Gasteiger charge is -2.33. The monoisotopic (exact) mass is 373 g/mol. The number of guanidine groups is 1. The molecule has 1 fully saturated rings. The van der Waals surface area contributed by atoms with Crippen molar-refractivity contribution in [2.45, 2.75) is 72.3 Å². The lowest BCUT2D eigenvalue weighted by atomic mass is 9.78. The first-order valence-corrected chi connectivity index (χ1v) is 11.7. The maximum absolute atomic E-state index is 11.4. The summed E-state index contributed by atoms with van der Waals surface area (Å²) in [5.41, 5.74) is -0.0983. The van der Waals surface area contributed by atoms with Crippen molar-refractivity contribution in [3.8, 4) is 0 Å². The van der Waals surface area contributed by atoms with E-state index in [4.69, 9.17) is 0 Å². The maximum Gasteiger partial charge on any atom is 0.191 e. The first-order chi connectivity index (χ1) is 11.5. The molecule has 148 valence electrons. The predicted molar refractivity (Wildman–Crippen MR) is 108 cm³/mol. The Morgan fingerprint density at radius 3 is 2.32 bits per heavy atom. The van der Waals surface area contributed by atoms with Crippen molar-refractivity contribution in [1.82, 2.24) is 10.6 Å². The third kappa shape index (κ3) is 8.93. The van der Waals surface area contributed by atoms with E-state index in [-0.39, 0.29) is 11.2 Å². The van der Waals surface area contributed by atoms with Crippen LogP contribution < -0.4 is 10.6 Å². The molecule has 0 saturated heterocycles. The molecular weight excluding hydrogens is 334 g/mol. The first kappa shape index (κ1) is 22.3. The summed E-state index contributed by atoms with van der Waals surface area (Å²) in [6.07, 6.45) is 8.74. The smallest absolute Gasteiger partial charge is 0.191 e. The van der Waals surface area contributed by atoms with Crippen LogP contribution in [0.4, 0.5) is 0 Å². The first-order valence-electron chi connectivity index (χ1n) is 9.69. The highest BCUT2D eigenvalue weighted by molar-refractivity contribution is 7.90. The second kappa shape index (κ2) is 9.79. The third-order valence-electron chi connectivity index (χ3n) is 5.65. The molecule has 1 saturated carbocycles. The fourth-order valence-electron chi connectivity index (χ4n) is 3.48. The highest BCUT2D eigenvalue weighted by Crippen LogP contribution is 2.31. The molecule has 0 spiro atoms. The molecule has 2 N–H and O–H groups in total. The van der Waals surface area contributed by atoms with Crippen LogP contribution in [0.25, 0.3) is 0 Å². The van der Waals surface area contributed by atoms with E-state index >= 15 is 0 Å². The van der Waals surface area contributed by atoms with Crippen LogP contribution in [0.2, 0.25) is 0 Å². The Morgan fingerprint density at radius 2 is 1.80 bits per heavy atom. The summed E-state index contributed by atoms with van der Waals surface area (Å²) in [5.74, 6) is 2.46. The standard InChI is InChI=1S/C19H39N3O2S/c1-15(17-10-8-7-9-11-17)16(2)22-18(20-5)21-14-19(3,4)12-13-25(6,23)24/h15-17H,7-14H2,1-6H3,(H2,20,21,22). The van der Waals surface area contributed by atoms with Crippen LogP contribution in [0.3, 0.4) is 0 Å². The van der Waals surface area contributed by atoms with Crippen molar-refractivity contribution in [2.75, 3.05) is 25.6 Å². The molecule has 25 heavy (non-hydrogen) atoms.